The zero-order chi connectivity index (χ0) is 15.4. The molecule has 2 rings (SSSR count). The Morgan fingerprint density at radius 2 is 2.14 bits per heavy atom. The molecule has 1 amide bonds. The zero-order valence-corrected chi connectivity index (χ0v) is 12.2. The molecule has 21 heavy (non-hydrogen) atoms. The maximum atomic E-state index is 13.1. The van der Waals surface area contributed by atoms with Gasteiger partial charge in [0.2, 0.25) is 5.91 Å². The van der Waals surface area contributed by atoms with Crippen molar-refractivity contribution in [1.82, 2.24) is 9.78 Å². The van der Waals surface area contributed by atoms with Gasteiger partial charge in [-0.05, 0) is 31.0 Å². The quantitative estimate of drug-likeness (QED) is 0.888. The molecule has 3 N–H and O–H groups in total. The van der Waals surface area contributed by atoms with E-state index < -0.39 is 5.82 Å². The van der Waals surface area contributed by atoms with Crippen LogP contribution in [-0.4, -0.2) is 15.7 Å². The summed E-state index contributed by atoms with van der Waals surface area (Å²) in [5, 5.41) is 7.00. The van der Waals surface area contributed by atoms with Gasteiger partial charge in [-0.25, -0.2) is 4.39 Å². The minimum Gasteiger partial charge on any atom is -0.396 e. The molecule has 5 nitrogen and oxygen atoms in total. The predicted molar refractivity (Wildman–Crippen MR) is 80.4 cm³/mol. The molecule has 0 unspecified atom stereocenters. The molecule has 112 valence electrons. The average molecular weight is 290 g/mol. The van der Waals surface area contributed by atoms with Crippen LogP contribution in [0.2, 0.25) is 0 Å². The summed E-state index contributed by atoms with van der Waals surface area (Å²) in [5.74, 6) is -0.654. The minimum atomic E-state index is -0.390. The monoisotopic (exact) mass is 290 g/mol. The third-order valence-corrected chi connectivity index (χ3v) is 3.25. The Morgan fingerprint density at radius 1 is 1.38 bits per heavy atom. The molecule has 0 radical (unpaired) electrons. The van der Waals surface area contributed by atoms with E-state index in [0.717, 1.165) is 17.8 Å². The summed E-state index contributed by atoms with van der Waals surface area (Å²) in [6, 6.07) is 5.78. The fraction of sp³-hybridized carbons (Fsp3) is 0.333. The minimum absolute atomic E-state index is 0.0594. The van der Waals surface area contributed by atoms with Crippen LogP contribution in [0.4, 0.5) is 15.8 Å². The Kier molecular flexibility index (Phi) is 4.57. The third-order valence-electron chi connectivity index (χ3n) is 3.25. The standard InChI is InChI=1S/C15H19FN4O/c1-3-12-15(17)13(4-2)20(19-12)9-14(21)18-11-7-5-6-10(16)8-11/h5-8H,3-4,9,17H2,1-2H3,(H,18,21). The number of halogens is 1. The van der Waals surface area contributed by atoms with Gasteiger partial charge in [0.1, 0.15) is 12.4 Å². The number of aromatic nitrogens is 2. The van der Waals surface area contributed by atoms with Crippen molar-refractivity contribution in [2.45, 2.75) is 33.2 Å². The Labute approximate surface area is 123 Å². The van der Waals surface area contributed by atoms with Gasteiger partial charge in [-0.15, -0.1) is 0 Å². The largest absolute Gasteiger partial charge is 0.396 e. The van der Waals surface area contributed by atoms with Gasteiger partial charge < -0.3 is 11.1 Å². The SMILES string of the molecule is CCc1nn(CC(=O)Nc2cccc(F)c2)c(CC)c1N. The summed E-state index contributed by atoms with van der Waals surface area (Å²) < 4.78 is 14.7. The van der Waals surface area contributed by atoms with Crippen molar-refractivity contribution in [2.24, 2.45) is 0 Å². The number of nitrogens with one attached hydrogen (secondary N) is 1. The lowest BCUT2D eigenvalue weighted by atomic mass is 10.2. The number of hydrogen-bond acceptors (Lipinski definition) is 3. The highest BCUT2D eigenvalue weighted by Gasteiger charge is 2.15. The molecule has 1 aromatic carbocycles. The van der Waals surface area contributed by atoms with Crippen molar-refractivity contribution in [3.05, 3.63) is 41.5 Å². The van der Waals surface area contributed by atoms with Crippen LogP contribution in [0.3, 0.4) is 0 Å². The fourth-order valence-electron chi connectivity index (χ4n) is 2.23. The van der Waals surface area contributed by atoms with Crippen molar-refractivity contribution >= 4 is 17.3 Å². The van der Waals surface area contributed by atoms with Gasteiger partial charge in [-0.2, -0.15) is 5.10 Å². The lowest BCUT2D eigenvalue weighted by Gasteiger charge is -2.08. The Morgan fingerprint density at radius 3 is 2.76 bits per heavy atom. The molecule has 0 aliphatic heterocycles. The molecular formula is C15H19FN4O. The van der Waals surface area contributed by atoms with E-state index in [1.54, 1.807) is 16.8 Å². The number of carbonyl (C=O) groups is 1. The van der Waals surface area contributed by atoms with Crippen LogP contribution in [0.15, 0.2) is 24.3 Å². The van der Waals surface area contributed by atoms with Crippen LogP contribution in [-0.2, 0) is 24.2 Å². The van der Waals surface area contributed by atoms with Crippen LogP contribution in [0, 0.1) is 5.82 Å². The van der Waals surface area contributed by atoms with Crippen molar-refractivity contribution in [2.75, 3.05) is 11.1 Å². The van der Waals surface area contributed by atoms with Gasteiger partial charge in [-0.3, -0.25) is 9.48 Å². The highest BCUT2D eigenvalue weighted by molar-refractivity contribution is 5.90. The molecule has 1 aromatic heterocycles. The molecule has 0 aliphatic carbocycles. The highest BCUT2D eigenvalue weighted by atomic mass is 19.1. The molecule has 0 bridgehead atoms. The number of benzene rings is 1. The van der Waals surface area contributed by atoms with E-state index >= 15 is 0 Å². The number of aryl methyl sites for hydroxylation is 1. The lowest BCUT2D eigenvalue weighted by Crippen LogP contribution is -2.21. The molecule has 2 aromatic rings. The predicted octanol–water partition coefficient (Wildman–Crippen LogP) is 2.37. The third kappa shape index (κ3) is 3.39. The van der Waals surface area contributed by atoms with E-state index in [1.165, 1.54) is 12.1 Å². The summed E-state index contributed by atoms with van der Waals surface area (Å²) in [5.41, 5.74) is 8.73. The number of anilines is 2. The van der Waals surface area contributed by atoms with E-state index in [0.29, 0.717) is 17.8 Å². The molecule has 1 heterocycles. The summed E-state index contributed by atoms with van der Waals surface area (Å²) in [6.07, 6.45) is 1.42. The molecule has 0 atom stereocenters. The highest BCUT2D eigenvalue weighted by Crippen LogP contribution is 2.18. The number of nitrogen functional groups attached to an aromatic ring is 1. The van der Waals surface area contributed by atoms with E-state index in [4.69, 9.17) is 5.73 Å². The average Bonchev–Trinajstić information content (AvgIpc) is 2.74. The van der Waals surface area contributed by atoms with Gasteiger partial charge in [0.25, 0.3) is 0 Å². The van der Waals surface area contributed by atoms with Crippen molar-refractivity contribution in [1.29, 1.82) is 0 Å². The van der Waals surface area contributed by atoms with Crippen LogP contribution in [0.1, 0.15) is 25.2 Å². The smallest absolute Gasteiger partial charge is 0.246 e. The number of rotatable bonds is 5. The Balaban J connectivity index is 2.13. The van der Waals surface area contributed by atoms with Crippen molar-refractivity contribution < 1.29 is 9.18 Å². The number of hydrogen-bond donors (Lipinski definition) is 2. The number of nitrogens with zero attached hydrogens (tertiary/aromatic N) is 2. The van der Waals surface area contributed by atoms with Gasteiger partial charge >= 0.3 is 0 Å². The van der Waals surface area contributed by atoms with Crippen molar-refractivity contribution in [3.8, 4) is 0 Å². The topological polar surface area (TPSA) is 72.9 Å². The van der Waals surface area contributed by atoms with Gasteiger partial charge in [-0.1, -0.05) is 19.9 Å². The second-order valence-electron chi connectivity index (χ2n) is 4.73. The molecule has 0 spiro atoms. The number of carbonyl (C=O) groups excluding carboxylic acids is 1. The summed E-state index contributed by atoms with van der Waals surface area (Å²) >= 11 is 0. The van der Waals surface area contributed by atoms with Crippen molar-refractivity contribution in [3.63, 3.8) is 0 Å². The first-order valence-corrected chi connectivity index (χ1v) is 6.94. The van der Waals surface area contributed by atoms with Gasteiger partial charge in [0.05, 0.1) is 17.1 Å². The van der Waals surface area contributed by atoms with Crippen LogP contribution < -0.4 is 11.1 Å². The second-order valence-corrected chi connectivity index (χ2v) is 4.73. The number of amides is 1. The Bertz CT molecular complexity index is 651. The number of nitrogens with two attached hydrogens (primary N) is 1. The summed E-state index contributed by atoms with van der Waals surface area (Å²) in [6.45, 7) is 3.99. The van der Waals surface area contributed by atoms with E-state index in [2.05, 4.69) is 10.4 Å². The second kappa shape index (κ2) is 6.39. The zero-order valence-electron chi connectivity index (χ0n) is 12.2. The normalized spacial score (nSPS) is 10.6. The molecular weight excluding hydrogens is 271 g/mol. The molecule has 0 saturated heterocycles. The maximum absolute atomic E-state index is 13.1. The molecule has 0 saturated carbocycles. The van der Waals surface area contributed by atoms with E-state index in [1.807, 2.05) is 13.8 Å². The molecule has 0 fully saturated rings. The van der Waals surface area contributed by atoms with E-state index in [9.17, 15) is 9.18 Å². The summed E-state index contributed by atoms with van der Waals surface area (Å²) in [4.78, 5) is 12.0. The van der Waals surface area contributed by atoms with Gasteiger partial charge in [0.15, 0.2) is 0 Å². The first kappa shape index (κ1) is 15.0. The maximum Gasteiger partial charge on any atom is 0.246 e. The first-order valence-electron chi connectivity index (χ1n) is 6.94. The van der Waals surface area contributed by atoms with E-state index in [-0.39, 0.29) is 12.5 Å². The van der Waals surface area contributed by atoms with Crippen LogP contribution in [0.25, 0.3) is 0 Å². The van der Waals surface area contributed by atoms with Gasteiger partial charge in [0, 0.05) is 5.69 Å². The molecule has 0 aliphatic rings. The lowest BCUT2D eigenvalue weighted by molar-refractivity contribution is -0.116. The van der Waals surface area contributed by atoms with Crippen LogP contribution >= 0.6 is 0 Å². The Hall–Kier alpha value is -2.37. The first-order chi connectivity index (χ1) is 10.0. The fourth-order valence-corrected chi connectivity index (χ4v) is 2.23. The molecule has 6 heteroatoms. The summed E-state index contributed by atoms with van der Waals surface area (Å²) in [7, 11) is 0. The van der Waals surface area contributed by atoms with Crippen LogP contribution in [0.5, 0.6) is 0 Å².